The van der Waals surface area contributed by atoms with Crippen molar-refractivity contribution in [2.24, 2.45) is 16.3 Å². The number of nitrogens with two attached hydrogens (primary N) is 1. The number of aliphatic imine (C=N–C) groups is 1. The lowest BCUT2D eigenvalue weighted by molar-refractivity contribution is 0.178. The number of methoxy groups -OCH3 is 1. The smallest absolute Gasteiger partial charge is 0.206 e. The summed E-state index contributed by atoms with van der Waals surface area (Å²) in [6, 6.07) is 0.354. The van der Waals surface area contributed by atoms with Crippen LogP contribution in [-0.2, 0) is 4.74 Å². The monoisotopic (exact) mass is 230 g/mol. The van der Waals surface area contributed by atoms with Gasteiger partial charge in [-0.25, -0.2) is 10.8 Å². The zero-order chi connectivity index (χ0) is 12.8. The predicted octanol–water partition coefficient (Wildman–Crippen LogP) is 0.865. The van der Waals surface area contributed by atoms with Gasteiger partial charge in [0.05, 0.1) is 12.6 Å². The molecular weight excluding hydrogens is 204 g/mol. The molecule has 5 heteroatoms. The van der Waals surface area contributed by atoms with Crippen molar-refractivity contribution >= 4 is 5.96 Å². The molecule has 0 rings (SSSR count). The third-order valence-electron chi connectivity index (χ3n) is 2.51. The minimum Gasteiger partial charge on any atom is -0.383 e. The molecule has 0 aromatic rings. The predicted molar refractivity (Wildman–Crippen MR) is 68.1 cm³/mol. The van der Waals surface area contributed by atoms with Crippen LogP contribution < -0.4 is 16.6 Å². The second-order valence-electron chi connectivity index (χ2n) is 5.16. The van der Waals surface area contributed by atoms with Crippen molar-refractivity contribution in [1.82, 2.24) is 10.7 Å². The van der Waals surface area contributed by atoms with Gasteiger partial charge in [-0.2, -0.15) is 0 Å². The van der Waals surface area contributed by atoms with E-state index in [4.69, 9.17) is 10.6 Å². The molecule has 0 aliphatic carbocycles. The molecule has 0 aliphatic heterocycles. The molecule has 96 valence electrons. The average Bonchev–Trinajstić information content (AvgIpc) is 2.15. The van der Waals surface area contributed by atoms with Gasteiger partial charge >= 0.3 is 0 Å². The number of guanidine groups is 1. The average molecular weight is 230 g/mol. The first-order chi connectivity index (χ1) is 7.31. The fraction of sp³-hybridized carbons (Fsp3) is 0.909. The van der Waals surface area contributed by atoms with Crippen molar-refractivity contribution in [3.63, 3.8) is 0 Å². The summed E-state index contributed by atoms with van der Waals surface area (Å²) >= 11 is 0. The van der Waals surface area contributed by atoms with Gasteiger partial charge in [-0.15, -0.1) is 0 Å². The Labute approximate surface area is 98.8 Å². The SMILES string of the molecule is COCC(C)NC(=NC(C)C(C)(C)C)NN. The summed E-state index contributed by atoms with van der Waals surface area (Å²) in [5, 5.41) is 3.16. The molecule has 0 radical (unpaired) electrons. The van der Waals surface area contributed by atoms with Crippen molar-refractivity contribution in [3.8, 4) is 0 Å². The molecule has 2 atom stereocenters. The molecule has 0 fully saturated rings. The number of hydrogen-bond acceptors (Lipinski definition) is 3. The van der Waals surface area contributed by atoms with Gasteiger partial charge in [-0.1, -0.05) is 20.8 Å². The van der Waals surface area contributed by atoms with Gasteiger partial charge in [0.25, 0.3) is 0 Å². The van der Waals surface area contributed by atoms with E-state index in [9.17, 15) is 0 Å². The van der Waals surface area contributed by atoms with Crippen LogP contribution in [0.25, 0.3) is 0 Å². The standard InChI is InChI=1S/C11H26N4O/c1-8(7-16-6)13-10(15-12)14-9(2)11(3,4)5/h8-9H,7,12H2,1-6H3,(H2,13,14,15). The minimum atomic E-state index is 0.119. The quantitative estimate of drug-likeness (QED) is 0.290. The molecule has 0 spiro atoms. The molecule has 0 bridgehead atoms. The molecule has 0 amide bonds. The number of nitrogens with one attached hydrogen (secondary N) is 2. The Morgan fingerprint density at radius 1 is 1.38 bits per heavy atom. The van der Waals surface area contributed by atoms with E-state index in [1.54, 1.807) is 7.11 Å². The van der Waals surface area contributed by atoms with Crippen molar-refractivity contribution in [2.45, 2.75) is 46.7 Å². The zero-order valence-electron chi connectivity index (χ0n) is 11.3. The summed E-state index contributed by atoms with van der Waals surface area (Å²) in [5.74, 6) is 6.03. The van der Waals surface area contributed by atoms with Gasteiger partial charge < -0.3 is 10.1 Å². The molecule has 4 N–H and O–H groups in total. The first-order valence-electron chi connectivity index (χ1n) is 5.61. The fourth-order valence-corrected chi connectivity index (χ4v) is 1.03. The molecule has 0 saturated carbocycles. The van der Waals surface area contributed by atoms with Crippen molar-refractivity contribution in [2.75, 3.05) is 13.7 Å². The van der Waals surface area contributed by atoms with Gasteiger partial charge in [0.2, 0.25) is 5.96 Å². The van der Waals surface area contributed by atoms with E-state index in [1.807, 2.05) is 6.92 Å². The number of ether oxygens (including phenoxy) is 1. The third-order valence-corrected chi connectivity index (χ3v) is 2.51. The van der Waals surface area contributed by atoms with E-state index < -0.39 is 0 Å². The lowest BCUT2D eigenvalue weighted by Crippen LogP contribution is -2.47. The Morgan fingerprint density at radius 2 is 1.94 bits per heavy atom. The van der Waals surface area contributed by atoms with Gasteiger partial charge in [0, 0.05) is 13.2 Å². The molecule has 5 nitrogen and oxygen atoms in total. The summed E-state index contributed by atoms with van der Waals surface area (Å²) < 4.78 is 5.04. The second kappa shape index (κ2) is 6.70. The van der Waals surface area contributed by atoms with Crippen LogP contribution in [0.15, 0.2) is 4.99 Å². The first kappa shape index (κ1) is 15.2. The summed E-state index contributed by atoms with van der Waals surface area (Å²) in [4.78, 5) is 4.50. The maximum atomic E-state index is 5.42. The topological polar surface area (TPSA) is 71.7 Å². The summed E-state index contributed by atoms with van der Waals surface area (Å²) in [5.41, 5.74) is 2.70. The maximum absolute atomic E-state index is 5.42. The van der Waals surface area contributed by atoms with Crippen LogP contribution in [-0.4, -0.2) is 31.8 Å². The zero-order valence-corrected chi connectivity index (χ0v) is 11.3. The van der Waals surface area contributed by atoms with Crippen molar-refractivity contribution in [1.29, 1.82) is 0 Å². The van der Waals surface area contributed by atoms with Crippen LogP contribution in [0.5, 0.6) is 0 Å². The van der Waals surface area contributed by atoms with Gasteiger partial charge in [0.15, 0.2) is 0 Å². The Bertz CT molecular complexity index is 223. The summed E-state index contributed by atoms with van der Waals surface area (Å²) in [6.07, 6.45) is 0. The molecule has 0 aromatic heterocycles. The molecule has 0 saturated heterocycles. The van der Waals surface area contributed by atoms with Crippen LogP contribution in [0, 0.1) is 5.41 Å². The lowest BCUT2D eigenvalue weighted by atomic mass is 9.88. The number of hydrazine groups is 1. The number of rotatable bonds is 4. The highest BCUT2D eigenvalue weighted by molar-refractivity contribution is 5.79. The lowest BCUT2D eigenvalue weighted by Gasteiger charge is -2.25. The van der Waals surface area contributed by atoms with Crippen LogP contribution in [0.2, 0.25) is 0 Å². The maximum Gasteiger partial charge on any atom is 0.206 e. The minimum absolute atomic E-state index is 0.119. The molecule has 2 unspecified atom stereocenters. The highest BCUT2D eigenvalue weighted by Crippen LogP contribution is 2.21. The highest BCUT2D eigenvalue weighted by Gasteiger charge is 2.20. The van der Waals surface area contributed by atoms with Crippen molar-refractivity contribution < 1.29 is 4.74 Å². The molecular formula is C11H26N4O. The Balaban J connectivity index is 4.42. The van der Waals surface area contributed by atoms with E-state index in [0.29, 0.717) is 12.6 Å². The first-order valence-corrected chi connectivity index (χ1v) is 5.61. The van der Waals surface area contributed by atoms with Gasteiger partial charge in [-0.3, -0.25) is 5.43 Å². The number of nitrogens with zero attached hydrogens (tertiary/aromatic N) is 1. The van der Waals surface area contributed by atoms with Crippen LogP contribution in [0.3, 0.4) is 0 Å². The molecule has 0 aliphatic rings. The molecule has 0 aromatic carbocycles. The van der Waals surface area contributed by atoms with E-state index in [0.717, 1.165) is 0 Å². The van der Waals surface area contributed by atoms with Gasteiger partial charge in [-0.05, 0) is 19.3 Å². The summed E-state index contributed by atoms with van der Waals surface area (Å²) in [6.45, 7) is 11.1. The Morgan fingerprint density at radius 3 is 2.31 bits per heavy atom. The second-order valence-corrected chi connectivity index (χ2v) is 5.16. The number of hydrogen-bond donors (Lipinski definition) is 3. The molecule has 16 heavy (non-hydrogen) atoms. The fourth-order valence-electron chi connectivity index (χ4n) is 1.03. The van der Waals surface area contributed by atoms with Crippen LogP contribution in [0.1, 0.15) is 34.6 Å². The molecule has 0 heterocycles. The normalized spacial score (nSPS) is 16.8. The summed E-state index contributed by atoms with van der Waals surface area (Å²) in [7, 11) is 1.67. The van der Waals surface area contributed by atoms with Crippen LogP contribution >= 0.6 is 0 Å². The highest BCUT2D eigenvalue weighted by atomic mass is 16.5. The van der Waals surface area contributed by atoms with E-state index in [-0.39, 0.29) is 17.5 Å². The van der Waals surface area contributed by atoms with E-state index >= 15 is 0 Å². The largest absolute Gasteiger partial charge is 0.383 e. The van der Waals surface area contributed by atoms with Gasteiger partial charge in [0.1, 0.15) is 0 Å². The Hall–Kier alpha value is -0.810. The van der Waals surface area contributed by atoms with E-state index in [1.165, 1.54) is 0 Å². The van der Waals surface area contributed by atoms with Crippen LogP contribution in [0.4, 0.5) is 0 Å². The Kier molecular flexibility index (Phi) is 6.36. The van der Waals surface area contributed by atoms with E-state index in [2.05, 4.69) is 43.4 Å². The van der Waals surface area contributed by atoms with Crippen molar-refractivity contribution in [3.05, 3.63) is 0 Å². The third kappa shape index (κ3) is 5.92.